The van der Waals surface area contributed by atoms with Crippen LogP contribution in [-0.2, 0) is 5.54 Å². The summed E-state index contributed by atoms with van der Waals surface area (Å²) in [4.78, 5) is 0. The SMILES string of the molecule is c1ccc(C2(c3ccccc3)c3ccccc3Oc3c4c(cc[n+]32)B(c2cccc([Si](c3ccccc3)(c3ccccc3)c3ccccc3)c2)c2ccccc2O4)cc1. The van der Waals surface area contributed by atoms with Crippen LogP contribution in [0.25, 0.3) is 0 Å². The highest BCUT2D eigenvalue weighted by molar-refractivity contribution is 7.20. The molecule has 0 amide bonds. The maximum Gasteiger partial charge on any atom is 0.418 e. The fraction of sp³-hybridized carbons (Fsp3) is 0.0185. The quantitative estimate of drug-likeness (QED) is 0.0999. The third kappa shape index (κ3) is 5.39. The van der Waals surface area contributed by atoms with Crippen LogP contribution in [0.2, 0.25) is 0 Å². The number of nitrogens with zero attached hydrogens (tertiary/aromatic N) is 1. The van der Waals surface area contributed by atoms with Gasteiger partial charge in [-0.3, -0.25) is 0 Å². The van der Waals surface area contributed by atoms with Gasteiger partial charge in [-0.1, -0.05) is 212 Å². The predicted octanol–water partition coefficient (Wildman–Crippen LogP) is 6.92. The first kappa shape index (κ1) is 35.0. The fourth-order valence-electron chi connectivity index (χ4n) is 9.89. The van der Waals surface area contributed by atoms with Gasteiger partial charge in [0.15, 0.2) is 14.3 Å². The van der Waals surface area contributed by atoms with E-state index < -0.39 is 13.6 Å². The number of hydrogen-bond acceptors (Lipinski definition) is 2. The van der Waals surface area contributed by atoms with E-state index in [1.54, 1.807) is 0 Å². The Morgan fingerprint density at radius 2 is 0.898 bits per heavy atom. The molecule has 0 unspecified atom stereocenters. The van der Waals surface area contributed by atoms with Crippen molar-refractivity contribution in [2.75, 3.05) is 0 Å². The number of rotatable bonds is 7. The lowest BCUT2D eigenvalue weighted by Gasteiger charge is -2.37. The maximum atomic E-state index is 7.08. The Kier molecular flexibility index (Phi) is 8.49. The summed E-state index contributed by atoms with van der Waals surface area (Å²) in [6.45, 7) is -0.126. The van der Waals surface area contributed by atoms with Gasteiger partial charge in [-0.15, -0.1) is 4.57 Å². The number of aromatic nitrogens is 1. The summed E-state index contributed by atoms with van der Waals surface area (Å²) in [7, 11) is -2.80. The minimum absolute atomic E-state index is 0.126. The van der Waals surface area contributed by atoms with Crippen molar-refractivity contribution in [3.8, 4) is 23.1 Å². The highest BCUT2D eigenvalue weighted by Gasteiger charge is 2.55. The molecule has 59 heavy (non-hydrogen) atoms. The molecular weight excluding hydrogens is 733 g/mol. The Bertz CT molecular complexity index is 2810. The van der Waals surface area contributed by atoms with E-state index in [0.29, 0.717) is 5.88 Å². The third-order valence-electron chi connectivity index (χ3n) is 12.3. The van der Waals surface area contributed by atoms with Gasteiger partial charge in [0.25, 0.3) is 12.3 Å². The molecule has 5 heteroatoms. The number of pyridine rings is 1. The summed E-state index contributed by atoms with van der Waals surface area (Å²) in [6.07, 6.45) is 2.22. The molecule has 0 fully saturated rings. The minimum Gasteiger partial charge on any atom is -0.448 e. The molecule has 0 radical (unpaired) electrons. The molecule has 0 atom stereocenters. The average molecular weight is 773 g/mol. The van der Waals surface area contributed by atoms with Crippen LogP contribution >= 0.6 is 0 Å². The lowest BCUT2D eigenvalue weighted by atomic mass is 9.36. The van der Waals surface area contributed by atoms with Gasteiger partial charge in [-0.05, 0) is 49.9 Å². The standard InChI is InChI=1S/C54H39BNO2Si/c1-6-21-40(22-7-1)54(41-23-8-2-9-24-41)47-33-16-18-35-50(47)58-53-52-49(37-38-56(53)54)55(48-34-17-19-36-51(48)57-52)42-25-20-32-46(39-42)59(43-26-10-3-11-27-43,44-28-12-4-13-29-44)45-30-14-5-15-31-45/h1-39H/q+1. The molecule has 0 N–H and O–H groups in total. The van der Waals surface area contributed by atoms with Crippen LogP contribution in [0.4, 0.5) is 0 Å². The molecule has 2 aliphatic rings. The number of benzene rings is 8. The third-order valence-corrected chi connectivity index (χ3v) is 17.1. The molecule has 3 nitrogen and oxygen atoms in total. The van der Waals surface area contributed by atoms with Gasteiger partial charge in [-0.2, -0.15) is 0 Å². The summed E-state index contributed by atoms with van der Waals surface area (Å²) >= 11 is 0. The highest BCUT2D eigenvalue weighted by Crippen LogP contribution is 2.48. The molecular formula is C54H39BNO2Si+. The second kappa shape index (κ2) is 14.3. The molecule has 0 saturated heterocycles. The summed E-state index contributed by atoms with van der Waals surface area (Å²) in [5.41, 5.74) is 6.01. The van der Waals surface area contributed by atoms with Crippen molar-refractivity contribution in [1.29, 1.82) is 0 Å². The zero-order chi connectivity index (χ0) is 39.2. The molecule has 0 spiro atoms. The minimum atomic E-state index is -2.80. The largest absolute Gasteiger partial charge is 0.448 e. The zero-order valence-corrected chi connectivity index (χ0v) is 33.4. The van der Waals surface area contributed by atoms with Gasteiger partial charge in [0, 0.05) is 17.2 Å². The van der Waals surface area contributed by atoms with Gasteiger partial charge in [0.1, 0.15) is 11.5 Å². The first-order valence-corrected chi connectivity index (χ1v) is 22.3. The van der Waals surface area contributed by atoms with Crippen LogP contribution in [0.1, 0.15) is 16.7 Å². The van der Waals surface area contributed by atoms with Gasteiger partial charge in [-0.25, -0.2) is 0 Å². The van der Waals surface area contributed by atoms with Crippen molar-refractivity contribution in [3.05, 3.63) is 253 Å². The molecule has 0 aliphatic carbocycles. The fourth-order valence-corrected chi connectivity index (χ4v) is 14.7. The Hall–Kier alpha value is -7.21. The first-order valence-electron chi connectivity index (χ1n) is 20.3. The van der Waals surface area contributed by atoms with Gasteiger partial charge in [0.05, 0.1) is 5.56 Å². The monoisotopic (exact) mass is 772 g/mol. The molecule has 0 saturated carbocycles. The van der Waals surface area contributed by atoms with Crippen LogP contribution in [0, 0.1) is 0 Å². The molecule has 9 aromatic rings. The molecule has 11 rings (SSSR count). The van der Waals surface area contributed by atoms with Gasteiger partial charge < -0.3 is 9.47 Å². The molecule has 1 aromatic heterocycles. The van der Waals surface area contributed by atoms with Crippen molar-refractivity contribution >= 4 is 51.9 Å². The number of para-hydroxylation sites is 2. The number of fused-ring (bicyclic) bond motifs is 5. The lowest BCUT2D eigenvalue weighted by Crippen LogP contribution is -2.75. The van der Waals surface area contributed by atoms with Crippen molar-refractivity contribution in [2.24, 2.45) is 0 Å². The van der Waals surface area contributed by atoms with Crippen LogP contribution in [0.5, 0.6) is 23.1 Å². The van der Waals surface area contributed by atoms with Gasteiger partial charge in [0.2, 0.25) is 5.75 Å². The molecule has 2 aliphatic heterocycles. The lowest BCUT2D eigenvalue weighted by molar-refractivity contribution is -0.741. The van der Waals surface area contributed by atoms with Crippen LogP contribution < -0.4 is 51.2 Å². The first-order chi connectivity index (χ1) is 29.3. The van der Waals surface area contributed by atoms with Gasteiger partial charge >= 0.3 is 5.88 Å². The van der Waals surface area contributed by atoms with Crippen molar-refractivity contribution < 1.29 is 14.0 Å². The maximum absolute atomic E-state index is 7.08. The van der Waals surface area contributed by atoms with Crippen molar-refractivity contribution in [1.82, 2.24) is 0 Å². The van der Waals surface area contributed by atoms with Crippen molar-refractivity contribution in [3.63, 3.8) is 0 Å². The van der Waals surface area contributed by atoms with E-state index in [4.69, 9.17) is 9.47 Å². The Morgan fingerprint density at radius 1 is 0.407 bits per heavy atom. The summed E-state index contributed by atoms with van der Waals surface area (Å²) in [5.74, 6) is 3.03. The van der Waals surface area contributed by atoms with E-state index >= 15 is 0 Å². The van der Waals surface area contributed by atoms with Crippen LogP contribution in [0.15, 0.2) is 237 Å². The smallest absolute Gasteiger partial charge is 0.418 e. The summed E-state index contributed by atoms with van der Waals surface area (Å²) in [5, 5.41) is 5.36. The Balaban J connectivity index is 1.17. The number of hydrogen-bond donors (Lipinski definition) is 0. The second-order valence-corrected chi connectivity index (χ2v) is 19.2. The molecule has 0 bridgehead atoms. The Labute approximate surface area is 346 Å². The van der Waals surface area contributed by atoms with E-state index in [1.165, 1.54) is 26.2 Å². The normalized spacial score (nSPS) is 13.5. The summed E-state index contributed by atoms with van der Waals surface area (Å²) in [6, 6.07) is 83.5. The highest BCUT2D eigenvalue weighted by atomic mass is 28.3. The van der Waals surface area contributed by atoms with Crippen LogP contribution in [-0.4, -0.2) is 14.8 Å². The molecule has 278 valence electrons. The van der Waals surface area contributed by atoms with Crippen LogP contribution in [0.3, 0.4) is 0 Å². The predicted molar refractivity (Wildman–Crippen MR) is 243 cm³/mol. The second-order valence-electron chi connectivity index (χ2n) is 15.4. The molecule has 8 aromatic carbocycles. The number of ether oxygens (including phenoxy) is 2. The zero-order valence-electron chi connectivity index (χ0n) is 32.4. The van der Waals surface area contributed by atoms with E-state index in [1.807, 2.05) is 0 Å². The van der Waals surface area contributed by atoms with E-state index in [-0.39, 0.29) is 6.71 Å². The summed E-state index contributed by atoms with van der Waals surface area (Å²) < 4.78 is 16.4. The Morgan fingerprint density at radius 3 is 1.49 bits per heavy atom. The topological polar surface area (TPSA) is 22.3 Å². The van der Waals surface area contributed by atoms with E-state index in [9.17, 15) is 0 Å². The van der Waals surface area contributed by atoms with E-state index in [0.717, 1.165) is 44.9 Å². The van der Waals surface area contributed by atoms with E-state index in [2.05, 4.69) is 241 Å². The van der Waals surface area contributed by atoms with Crippen molar-refractivity contribution in [2.45, 2.75) is 5.54 Å². The average Bonchev–Trinajstić information content (AvgIpc) is 3.32. The molecule has 3 heterocycles.